The first-order valence-corrected chi connectivity index (χ1v) is 35.9. The number of phosphoric ester groups is 1. The third-order valence-electron chi connectivity index (χ3n) is 15.1. The minimum absolute atomic E-state index is 0.0370. The maximum Gasteiger partial charge on any atom is 0.472 e. The highest BCUT2D eigenvalue weighted by molar-refractivity contribution is 7.47. The van der Waals surface area contributed by atoms with Gasteiger partial charge in [-0.25, -0.2) is 4.57 Å². The zero-order valence-electron chi connectivity index (χ0n) is 54.5. The normalized spacial score (nSPS) is 14.1. The summed E-state index contributed by atoms with van der Waals surface area (Å²) in [4.78, 5) is 37.8. The van der Waals surface area contributed by atoms with E-state index in [4.69, 9.17) is 13.8 Å². The number of esters is 1. The van der Waals surface area contributed by atoms with Crippen molar-refractivity contribution in [3.63, 3.8) is 0 Å². The molecule has 0 bridgehead atoms. The minimum atomic E-state index is -4.46. The first-order chi connectivity index (χ1) is 39.9. The maximum atomic E-state index is 13.6. The molecule has 0 fully saturated rings. The zero-order chi connectivity index (χ0) is 60.0. The molecule has 3 atom stereocenters. The van der Waals surface area contributed by atoms with Gasteiger partial charge in [0.2, 0.25) is 5.91 Å². The summed E-state index contributed by atoms with van der Waals surface area (Å²) in [5, 5.41) is 3.06. The number of carbonyl (C=O) groups excluding carboxylic acids is 2. The van der Waals surface area contributed by atoms with Crippen LogP contribution in [-0.4, -0.2) is 74.3 Å². The second-order valence-corrected chi connectivity index (χ2v) is 25.8. The molecule has 0 spiro atoms. The molecular weight excluding hydrogens is 1040 g/mol. The van der Waals surface area contributed by atoms with Gasteiger partial charge in [-0.05, 0) is 102 Å². The molecule has 476 valence electrons. The van der Waals surface area contributed by atoms with Crippen molar-refractivity contribution in [2.24, 2.45) is 0 Å². The highest BCUT2D eigenvalue weighted by atomic mass is 31.2. The van der Waals surface area contributed by atoms with Gasteiger partial charge in [0.15, 0.2) is 0 Å². The van der Waals surface area contributed by atoms with Gasteiger partial charge in [-0.3, -0.25) is 18.6 Å². The second-order valence-electron chi connectivity index (χ2n) is 24.3. The van der Waals surface area contributed by atoms with E-state index in [1.165, 1.54) is 173 Å². The molecule has 0 saturated carbocycles. The number of unbranched alkanes of at least 4 members (excludes halogenated alkanes) is 34. The molecule has 0 heterocycles. The van der Waals surface area contributed by atoms with Crippen LogP contribution in [0.4, 0.5) is 0 Å². The standard InChI is InChI=1S/C72H131N2O7P/c1-7-10-13-16-19-22-25-28-30-32-33-34-35-36-37-38-39-40-41-43-45-47-50-53-56-59-62-65-72(76)81-70(63-60-57-54-51-48-27-24-21-18-15-12-9-3)69(68-80-82(77,78)79-67-66-74(4,5)6)73-71(75)64-61-58-55-52-49-46-44-42-31-29-26-23-20-17-14-11-8-2/h10,13,19,22,28-31,33-34,36-37,60,63,69-70H,7-9,11-12,14-18,20-21,23-27,32,35,38-59,61-62,64-68H2,1-6H3,(H-,73,75,77,78)/p+1/b13-10-,22-19-,30-28-,31-29+,34-33-,37-36-,63-60-. The largest absolute Gasteiger partial charge is 0.472 e. The lowest BCUT2D eigenvalue weighted by atomic mass is 10.0. The van der Waals surface area contributed by atoms with Crippen molar-refractivity contribution in [1.82, 2.24) is 5.32 Å². The summed E-state index contributed by atoms with van der Waals surface area (Å²) in [5.41, 5.74) is 0. The van der Waals surface area contributed by atoms with Gasteiger partial charge >= 0.3 is 13.8 Å². The van der Waals surface area contributed by atoms with Crippen molar-refractivity contribution in [2.75, 3.05) is 40.9 Å². The molecule has 0 aromatic carbocycles. The number of phosphoric acid groups is 1. The smallest absolute Gasteiger partial charge is 0.456 e. The van der Waals surface area contributed by atoms with Crippen LogP contribution in [0.1, 0.15) is 310 Å². The number of hydrogen-bond acceptors (Lipinski definition) is 6. The third kappa shape index (κ3) is 61.7. The van der Waals surface area contributed by atoms with Gasteiger partial charge in [0, 0.05) is 12.8 Å². The van der Waals surface area contributed by atoms with Crippen LogP contribution >= 0.6 is 7.82 Å². The molecule has 0 rings (SSSR count). The van der Waals surface area contributed by atoms with Crippen LogP contribution in [0.25, 0.3) is 0 Å². The van der Waals surface area contributed by atoms with E-state index in [0.717, 1.165) is 103 Å². The number of hydrogen-bond donors (Lipinski definition) is 2. The van der Waals surface area contributed by atoms with Gasteiger partial charge in [-0.1, -0.05) is 280 Å². The number of rotatable bonds is 62. The number of nitrogens with zero attached hydrogens (tertiary/aromatic N) is 1. The second kappa shape index (κ2) is 61.3. The summed E-state index contributed by atoms with van der Waals surface area (Å²) in [6, 6.07) is -0.855. The Bertz CT molecular complexity index is 1680. The van der Waals surface area contributed by atoms with E-state index < -0.39 is 20.0 Å². The Morgan fingerprint density at radius 1 is 0.439 bits per heavy atom. The number of amides is 1. The first kappa shape index (κ1) is 79.2. The van der Waals surface area contributed by atoms with E-state index in [9.17, 15) is 19.0 Å². The molecule has 0 aliphatic heterocycles. The van der Waals surface area contributed by atoms with Crippen LogP contribution in [0.5, 0.6) is 0 Å². The molecule has 82 heavy (non-hydrogen) atoms. The molecular formula is C72H132N2O7P+. The van der Waals surface area contributed by atoms with Crippen molar-refractivity contribution in [2.45, 2.75) is 322 Å². The molecule has 10 heteroatoms. The quantitative estimate of drug-likeness (QED) is 0.0205. The molecule has 3 unspecified atom stereocenters. The van der Waals surface area contributed by atoms with E-state index in [-0.39, 0.29) is 31.5 Å². The minimum Gasteiger partial charge on any atom is -0.456 e. The fraction of sp³-hybridized carbons (Fsp3) is 0.778. The molecule has 0 aromatic heterocycles. The van der Waals surface area contributed by atoms with Crippen LogP contribution in [0.15, 0.2) is 85.1 Å². The molecule has 0 aliphatic carbocycles. The molecule has 0 aliphatic rings. The van der Waals surface area contributed by atoms with Crippen LogP contribution in [0, 0.1) is 0 Å². The predicted molar refractivity (Wildman–Crippen MR) is 355 cm³/mol. The molecule has 0 aromatic rings. The van der Waals surface area contributed by atoms with Crippen LogP contribution < -0.4 is 5.32 Å². The fourth-order valence-electron chi connectivity index (χ4n) is 9.79. The SMILES string of the molecule is CC/C=C\C/C=C\C/C=C\C/C=C\C/C=C\CCCCCCCCCCCCCC(=O)OC(/C=C\CCCCCCCCCCCC)C(COP(=O)(O)OCC[N+](C)(C)C)NC(=O)CCCCCCCCC/C=C/CCCCCCCC. The van der Waals surface area contributed by atoms with Crippen molar-refractivity contribution >= 4 is 19.7 Å². The average Bonchev–Trinajstić information content (AvgIpc) is 3.44. The first-order valence-electron chi connectivity index (χ1n) is 34.4. The summed E-state index contributed by atoms with van der Waals surface area (Å²) in [6.45, 7) is 6.91. The monoisotopic (exact) mass is 1170 g/mol. The Labute approximate surface area is 507 Å². The molecule has 1 amide bonds. The average molecular weight is 1170 g/mol. The van der Waals surface area contributed by atoms with Crippen LogP contribution in [0.2, 0.25) is 0 Å². The number of quaternary nitrogens is 1. The van der Waals surface area contributed by atoms with Gasteiger partial charge in [-0.2, -0.15) is 0 Å². The van der Waals surface area contributed by atoms with E-state index in [2.05, 4.69) is 99.0 Å². The number of nitrogens with one attached hydrogen (secondary N) is 1. The summed E-state index contributed by atoms with van der Waals surface area (Å²) >= 11 is 0. The Kier molecular flexibility index (Phi) is 59.2. The summed E-state index contributed by atoms with van der Waals surface area (Å²) in [6.07, 6.45) is 81.6. The maximum absolute atomic E-state index is 13.6. The van der Waals surface area contributed by atoms with Crippen molar-refractivity contribution in [3.8, 4) is 0 Å². The Morgan fingerprint density at radius 3 is 1.18 bits per heavy atom. The van der Waals surface area contributed by atoms with E-state index in [0.29, 0.717) is 17.4 Å². The lowest BCUT2D eigenvalue weighted by Crippen LogP contribution is -2.47. The van der Waals surface area contributed by atoms with Crippen molar-refractivity contribution in [3.05, 3.63) is 85.1 Å². The fourth-order valence-corrected chi connectivity index (χ4v) is 10.5. The zero-order valence-corrected chi connectivity index (χ0v) is 55.4. The Balaban J connectivity index is 5.07. The van der Waals surface area contributed by atoms with Gasteiger partial charge in [-0.15, -0.1) is 0 Å². The summed E-state index contributed by atoms with van der Waals surface area (Å²) < 4.78 is 30.8. The Hall–Kier alpha value is -2.81. The highest BCUT2D eigenvalue weighted by Crippen LogP contribution is 2.43. The molecule has 9 nitrogen and oxygen atoms in total. The lowest BCUT2D eigenvalue weighted by Gasteiger charge is -2.27. The van der Waals surface area contributed by atoms with Crippen molar-refractivity contribution < 1.29 is 37.3 Å². The third-order valence-corrected chi connectivity index (χ3v) is 16.1. The van der Waals surface area contributed by atoms with Gasteiger partial charge < -0.3 is 19.4 Å². The number of ether oxygens (including phenoxy) is 1. The van der Waals surface area contributed by atoms with E-state index in [1.807, 2.05) is 33.3 Å². The number of likely N-dealkylation sites (N-methyl/N-ethyl adjacent to an activating group) is 1. The summed E-state index contributed by atoms with van der Waals surface area (Å²) in [5.74, 6) is -0.508. The van der Waals surface area contributed by atoms with E-state index in [1.54, 1.807) is 0 Å². The van der Waals surface area contributed by atoms with E-state index >= 15 is 0 Å². The Morgan fingerprint density at radius 2 is 0.780 bits per heavy atom. The van der Waals surface area contributed by atoms with Gasteiger partial charge in [0.25, 0.3) is 0 Å². The number of carbonyl (C=O) groups is 2. The van der Waals surface area contributed by atoms with Crippen LogP contribution in [0.3, 0.4) is 0 Å². The highest BCUT2D eigenvalue weighted by Gasteiger charge is 2.30. The molecule has 0 saturated heterocycles. The predicted octanol–water partition coefficient (Wildman–Crippen LogP) is 21.7. The topological polar surface area (TPSA) is 111 Å². The molecule has 2 N–H and O–H groups in total. The summed E-state index contributed by atoms with van der Waals surface area (Å²) in [7, 11) is 1.49. The number of allylic oxidation sites excluding steroid dienone is 13. The van der Waals surface area contributed by atoms with Gasteiger partial charge in [0.1, 0.15) is 19.3 Å². The molecule has 0 radical (unpaired) electrons. The van der Waals surface area contributed by atoms with Crippen LogP contribution in [-0.2, 0) is 27.9 Å². The van der Waals surface area contributed by atoms with Gasteiger partial charge in [0.05, 0.1) is 33.8 Å². The van der Waals surface area contributed by atoms with Crippen molar-refractivity contribution in [1.29, 1.82) is 0 Å². The lowest BCUT2D eigenvalue weighted by molar-refractivity contribution is -0.870.